The van der Waals surface area contributed by atoms with Crippen LogP contribution in [-0.2, 0) is 0 Å². The third kappa shape index (κ3) is 3.43. The molecule has 4 nitrogen and oxygen atoms in total. The second kappa shape index (κ2) is 6.32. The van der Waals surface area contributed by atoms with E-state index in [1.165, 1.54) is 32.1 Å². The molecule has 0 aliphatic carbocycles. The average Bonchev–Trinajstić information content (AvgIpc) is 2.90. The van der Waals surface area contributed by atoms with Crippen LogP contribution in [0.5, 0.6) is 5.75 Å². The molecule has 5 heteroatoms. The molecule has 3 N–H and O–H groups in total. The van der Waals surface area contributed by atoms with Crippen LogP contribution in [0.2, 0.25) is 0 Å². The van der Waals surface area contributed by atoms with Crippen molar-refractivity contribution < 1.29 is 14.2 Å². The van der Waals surface area contributed by atoms with Gasteiger partial charge < -0.3 is 20.5 Å². The van der Waals surface area contributed by atoms with Gasteiger partial charge in [-0.15, -0.1) is 0 Å². The number of methoxy groups -OCH3 is 1. The molecule has 1 aliphatic heterocycles. The van der Waals surface area contributed by atoms with Crippen molar-refractivity contribution in [2.75, 3.05) is 26.7 Å². The Morgan fingerprint density at radius 1 is 1.42 bits per heavy atom. The number of likely N-dealkylation sites (tertiary alicyclic amines) is 1. The van der Waals surface area contributed by atoms with E-state index < -0.39 is 18.0 Å². The number of ether oxygens (including phenoxy) is 1. The van der Waals surface area contributed by atoms with E-state index in [0.29, 0.717) is 12.1 Å². The van der Waals surface area contributed by atoms with Crippen LogP contribution in [0.3, 0.4) is 0 Å². The number of aliphatic hydroxyl groups is 1. The maximum absolute atomic E-state index is 13.6. The van der Waals surface area contributed by atoms with E-state index in [1.807, 2.05) is 0 Å². The number of nitrogens with two attached hydrogens (primary N) is 1. The molecule has 0 saturated carbocycles. The van der Waals surface area contributed by atoms with Gasteiger partial charge in [0.2, 0.25) is 0 Å². The van der Waals surface area contributed by atoms with Gasteiger partial charge in [0.15, 0.2) is 11.6 Å². The van der Waals surface area contributed by atoms with E-state index in [0.717, 1.165) is 13.1 Å². The Bertz CT molecular complexity index is 422. The highest BCUT2D eigenvalue weighted by molar-refractivity contribution is 5.31. The van der Waals surface area contributed by atoms with E-state index >= 15 is 0 Å². The third-order valence-corrected chi connectivity index (χ3v) is 3.59. The lowest BCUT2D eigenvalue weighted by Crippen LogP contribution is -2.40. The quantitative estimate of drug-likeness (QED) is 0.845. The molecule has 106 valence electrons. The topological polar surface area (TPSA) is 58.7 Å². The second-order valence-electron chi connectivity index (χ2n) is 5.01. The smallest absolute Gasteiger partial charge is 0.165 e. The average molecular weight is 268 g/mol. The molecule has 0 bridgehead atoms. The minimum atomic E-state index is -0.860. The first-order chi connectivity index (χ1) is 9.11. The first kappa shape index (κ1) is 14.2. The number of aliphatic hydroxyl groups excluding tert-OH is 1. The Balaban J connectivity index is 2.01. The van der Waals surface area contributed by atoms with Gasteiger partial charge in [-0.2, -0.15) is 0 Å². The zero-order chi connectivity index (χ0) is 13.8. The van der Waals surface area contributed by atoms with E-state index in [9.17, 15) is 9.50 Å². The lowest BCUT2D eigenvalue weighted by Gasteiger charge is -2.24. The van der Waals surface area contributed by atoms with Gasteiger partial charge in [-0.05, 0) is 43.6 Å². The standard InChI is InChI=1S/C14H21FN2O2/c1-19-13-5-4-10(8-11(13)15)14(18)12(16)9-17-6-2-3-7-17/h4-5,8,12,14,18H,2-3,6-7,9,16H2,1H3/t12-,14-/m1/s1. The SMILES string of the molecule is COc1ccc([C@@H](O)[C@H](N)CN2CCCC2)cc1F. The molecular formula is C14H21FN2O2. The molecule has 1 saturated heterocycles. The summed E-state index contributed by atoms with van der Waals surface area (Å²) in [6, 6.07) is 4.03. The molecule has 0 aromatic heterocycles. The molecule has 1 aromatic rings. The van der Waals surface area contributed by atoms with Crippen molar-refractivity contribution in [1.82, 2.24) is 4.90 Å². The number of nitrogens with zero attached hydrogens (tertiary/aromatic N) is 1. The Hall–Kier alpha value is -1.17. The van der Waals surface area contributed by atoms with Crippen LogP contribution < -0.4 is 10.5 Å². The number of benzene rings is 1. The molecule has 2 atom stereocenters. The van der Waals surface area contributed by atoms with Gasteiger partial charge in [-0.3, -0.25) is 0 Å². The Labute approximate surface area is 113 Å². The van der Waals surface area contributed by atoms with E-state index in [2.05, 4.69) is 4.90 Å². The lowest BCUT2D eigenvalue weighted by molar-refractivity contribution is 0.125. The molecule has 0 spiro atoms. The number of hydrogen-bond donors (Lipinski definition) is 2. The highest BCUT2D eigenvalue weighted by atomic mass is 19.1. The maximum atomic E-state index is 13.6. The second-order valence-corrected chi connectivity index (χ2v) is 5.01. The van der Waals surface area contributed by atoms with Gasteiger partial charge in [-0.1, -0.05) is 6.07 Å². The van der Waals surface area contributed by atoms with Gasteiger partial charge in [0.05, 0.1) is 13.2 Å². The van der Waals surface area contributed by atoms with Crippen molar-refractivity contribution in [2.24, 2.45) is 5.73 Å². The summed E-state index contributed by atoms with van der Waals surface area (Å²) < 4.78 is 18.4. The molecule has 0 amide bonds. The van der Waals surface area contributed by atoms with Crippen LogP contribution in [0.1, 0.15) is 24.5 Å². The van der Waals surface area contributed by atoms with E-state index in [-0.39, 0.29) is 5.75 Å². The monoisotopic (exact) mass is 268 g/mol. The van der Waals surface area contributed by atoms with Gasteiger partial charge >= 0.3 is 0 Å². The summed E-state index contributed by atoms with van der Waals surface area (Å²) in [4.78, 5) is 2.23. The molecular weight excluding hydrogens is 247 g/mol. The van der Waals surface area contributed by atoms with Crippen LogP contribution in [0.15, 0.2) is 18.2 Å². The summed E-state index contributed by atoms with van der Waals surface area (Å²) in [7, 11) is 1.41. The van der Waals surface area contributed by atoms with Crippen molar-refractivity contribution in [3.8, 4) is 5.75 Å². The summed E-state index contributed by atoms with van der Waals surface area (Å²) in [5.41, 5.74) is 6.50. The molecule has 1 aliphatic rings. The van der Waals surface area contributed by atoms with Crippen molar-refractivity contribution >= 4 is 0 Å². The fourth-order valence-corrected chi connectivity index (χ4v) is 2.48. The normalized spacial score (nSPS) is 19.4. The summed E-state index contributed by atoms with van der Waals surface area (Å²) in [6.07, 6.45) is 1.50. The fraction of sp³-hybridized carbons (Fsp3) is 0.571. The van der Waals surface area contributed by atoms with Crippen molar-refractivity contribution in [3.05, 3.63) is 29.6 Å². The van der Waals surface area contributed by atoms with Gasteiger partial charge in [0.25, 0.3) is 0 Å². The van der Waals surface area contributed by atoms with Crippen molar-refractivity contribution in [3.63, 3.8) is 0 Å². The Morgan fingerprint density at radius 3 is 2.68 bits per heavy atom. The zero-order valence-electron chi connectivity index (χ0n) is 11.2. The van der Waals surface area contributed by atoms with Crippen LogP contribution in [0, 0.1) is 5.82 Å². The Morgan fingerprint density at radius 2 is 2.11 bits per heavy atom. The molecule has 2 rings (SSSR count). The van der Waals surface area contributed by atoms with Crippen LogP contribution in [0.4, 0.5) is 4.39 Å². The summed E-state index contributed by atoms with van der Waals surface area (Å²) in [5.74, 6) is -0.309. The lowest BCUT2D eigenvalue weighted by atomic mass is 10.0. The number of rotatable bonds is 5. The van der Waals surface area contributed by atoms with Crippen molar-refractivity contribution in [1.29, 1.82) is 0 Å². The summed E-state index contributed by atoms with van der Waals surface area (Å²) >= 11 is 0. The third-order valence-electron chi connectivity index (χ3n) is 3.59. The summed E-state index contributed by atoms with van der Waals surface area (Å²) in [6.45, 7) is 2.68. The fourth-order valence-electron chi connectivity index (χ4n) is 2.48. The highest BCUT2D eigenvalue weighted by Gasteiger charge is 2.22. The van der Waals surface area contributed by atoms with Crippen LogP contribution >= 0.6 is 0 Å². The maximum Gasteiger partial charge on any atom is 0.165 e. The van der Waals surface area contributed by atoms with Crippen molar-refractivity contribution in [2.45, 2.75) is 25.0 Å². The largest absolute Gasteiger partial charge is 0.494 e. The molecule has 1 heterocycles. The first-order valence-corrected chi connectivity index (χ1v) is 6.61. The van der Waals surface area contributed by atoms with Gasteiger partial charge in [-0.25, -0.2) is 4.39 Å². The number of halogens is 1. The molecule has 0 radical (unpaired) electrons. The van der Waals surface area contributed by atoms with Gasteiger partial charge in [0, 0.05) is 12.6 Å². The molecule has 19 heavy (non-hydrogen) atoms. The molecule has 1 aromatic carbocycles. The van der Waals surface area contributed by atoms with E-state index in [1.54, 1.807) is 6.07 Å². The minimum Gasteiger partial charge on any atom is -0.494 e. The van der Waals surface area contributed by atoms with E-state index in [4.69, 9.17) is 10.5 Å². The Kier molecular flexibility index (Phi) is 4.74. The number of hydrogen-bond acceptors (Lipinski definition) is 4. The first-order valence-electron chi connectivity index (χ1n) is 6.61. The molecule has 1 fully saturated rings. The van der Waals surface area contributed by atoms with Crippen LogP contribution in [-0.4, -0.2) is 42.8 Å². The zero-order valence-corrected chi connectivity index (χ0v) is 11.2. The van der Waals surface area contributed by atoms with Crippen LogP contribution in [0.25, 0.3) is 0 Å². The predicted octanol–water partition coefficient (Wildman–Crippen LogP) is 1.29. The minimum absolute atomic E-state index is 0.170. The summed E-state index contributed by atoms with van der Waals surface area (Å²) in [5, 5.41) is 10.2. The predicted molar refractivity (Wildman–Crippen MR) is 71.6 cm³/mol. The highest BCUT2D eigenvalue weighted by Crippen LogP contribution is 2.23. The molecule has 0 unspecified atom stereocenters. The van der Waals surface area contributed by atoms with Gasteiger partial charge in [0.1, 0.15) is 0 Å².